The highest BCUT2D eigenvalue weighted by Crippen LogP contribution is 2.39. The molecule has 1 aromatic carbocycles. The molecule has 0 heterocycles. The van der Waals surface area contributed by atoms with Gasteiger partial charge in [0.05, 0.1) is 0 Å². The molecular weight excluding hydrogens is 340 g/mol. The summed E-state index contributed by atoms with van der Waals surface area (Å²) < 4.78 is 36.6. The highest BCUT2D eigenvalue weighted by Gasteiger charge is 2.35. The zero-order valence-electron chi connectivity index (χ0n) is 9.81. The predicted octanol–water partition coefficient (Wildman–Crippen LogP) is 5.70. The van der Waals surface area contributed by atoms with E-state index in [4.69, 9.17) is 34.8 Å². The standard InChI is InChI=1S/C12H12Cl3F3S/c13-7-11(8-14,5-6-19-12(16,17)18)9-3-1-2-4-10(9)15/h1-4H,5-8H2. The molecule has 0 aliphatic heterocycles. The van der Waals surface area contributed by atoms with Gasteiger partial charge in [-0.25, -0.2) is 0 Å². The van der Waals surface area contributed by atoms with Gasteiger partial charge in [0.25, 0.3) is 0 Å². The molecule has 0 fully saturated rings. The Morgan fingerprint density at radius 3 is 2.11 bits per heavy atom. The maximum absolute atomic E-state index is 12.2. The summed E-state index contributed by atoms with van der Waals surface area (Å²) in [6.45, 7) is 0. The molecule has 0 aliphatic carbocycles. The van der Waals surface area contributed by atoms with Crippen molar-refractivity contribution in [3.63, 3.8) is 0 Å². The van der Waals surface area contributed by atoms with Gasteiger partial charge in [-0.2, -0.15) is 13.2 Å². The summed E-state index contributed by atoms with van der Waals surface area (Å²) in [5.74, 6) is 0.144. The van der Waals surface area contributed by atoms with Crippen molar-refractivity contribution < 1.29 is 13.2 Å². The molecular formula is C12H12Cl3F3S. The van der Waals surface area contributed by atoms with Crippen molar-refractivity contribution in [1.82, 2.24) is 0 Å². The fourth-order valence-electron chi connectivity index (χ4n) is 1.70. The van der Waals surface area contributed by atoms with Crippen LogP contribution in [0.4, 0.5) is 13.2 Å². The Bertz CT molecular complexity index is 405. The third-order valence-electron chi connectivity index (χ3n) is 2.80. The fourth-order valence-corrected chi connectivity index (χ4v) is 3.60. The maximum atomic E-state index is 12.2. The van der Waals surface area contributed by atoms with Gasteiger partial charge in [0.1, 0.15) is 0 Å². The van der Waals surface area contributed by atoms with Crippen LogP contribution in [0.1, 0.15) is 12.0 Å². The summed E-state index contributed by atoms with van der Waals surface area (Å²) in [5.41, 5.74) is -4.28. The van der Waals surface area contributed by atoms with E-state index in [1.54, 1.807) is 24.3 Å². The Morgan fingerprint density at radius 2 is 1.63 bits per heavy atom. The van der Waals surface area contributed by atoms with Gasteiger partial charge in [-0.3, -0.25) is 0 Å². The van der Waals surface area contributed by atoms with Crippen LogP contribution in [0.5, 0.6) is 0 Å². The van der Waals surface area contributed by atoms with Crippen LogP contribution >= 0.6 is 46.6 Å². The van der Waals surface area contributed by atoms with E-state index >= 15 is 0 Å². The van der Waals surface area contributed by atoms with E-state index in [2.05, 4.69) is 0 Å². The molecule has 0 atom stereocenters. The summed E-state index contributed by atoms with van der Waals surface area (Å²) in [6.07, 6.45) is 0.216. The summed E-state index contributed by atoms with van der Waals surface area (Å²) >= 11 is 17.9. The Labute approximate surface area is 129 Å². The number of benzene rings is 1. The topological polar surface area (TPSA) is 0 Å². The first-order valence-electron chi connectivity index (χ1n) is 5.42. The fraction of sp³-hybridized carbons (Fsp3) is 0.500. The molecule has 0 radical (unpaired) electrons. The second-order valence-corrected chi connectivity index (χ2v) is 6.17. The van der Waals surface area contributed by atoms with Gasteiger partial charge in [0.15, 0.2) is 0 Å². The van der Waals surface area contributed by atoms with E-state index in [-0.39, 0.29) is 35.7 Å². The lowest BCUT2D eigenvalue weighted by Gasteiger charge is -2.31. The summed E-state index contributed by atoms with van der Waals surface area (Å²) in [5, 5.41) is 0.473. The number of hydrogen-bond donors (Lipinski definition) is 0. The van der Waals surface area contributed by atoms with Crippen LogP contribution in [0.2, 0.25) is 5.02 Å². The van der Waals surface area contributed by atoms with Crippen molar-refractivity contribution in [2.24, 2.45) is 0 Å². The molecule has 0 N–H and O–H groups in total. The largest absolute Gasteiger partial charge is 0.441 e. The molecule has 108 valence electrons. The van der Waals surface area contributed by atoms with Crippen molar-refractivity contribution in [3.05, 3.63) is 34.9 Å². The minimum absolute atomic E-state index is 0.0687. The molecule has 0 nitrogen and oxygen atoms in total. The predicted molar refractivity (Wildman–Crippen MR) is 77.7 cm³/mol. The molecule has 0 spiro atoms. The minimum atomic E-state index is -4.25. The van der Waals surface area contributed by atoms with Gasteiger partial charge in [0.2, 0.25) is 0 Å². The highest BCUT2D eigenvalue weighted by molar-refractivity contribution is 8.00. The van der Waals surface area contributed by atoms with E-state index in [1.807, 2.05) is 0 Å². The monoisotopic (exact) mass is 350 g/mol. The van der Waals surface area contributed by atoms with E-state index in [9.17, 15) is 13.2 Å². The van der Waals surface area contributed by atoms with Crippen LogP contribution in [-0.2, 0) is 5.41 Å². The molecule has 7 heteroatoms. The molecule has 0 saturated carbocycles. The van der Waals surface area contributed by atoms with Crippen LogP contribution in [0, 0.1) is 0 Å². The lowest BCUT2D eigenvalue weighted by Crippen LogP contribution is -2.32. The van der Waals surface area contributed by atoms with Gasteiger partial charge in [-0.1, -0.05) is 41.6 Å². The van der Waals surface area contributed by atoms with E-state index in [1.165, 1.54) is 0 Å². The van der Waals surface area contributed by atoms with Crippen LogP contribution in [-0.4, -0.2) is 23.0 Å². The van der Waals surface area contributed by atoms with Crippen LogP contribution in [0.3, 0.4) is 0 Å². The van der Waals surface area contributed by atoms with Crippen LogP contribution in [0.25, 0.3) is 0 Å². The first kappa shape index (κ1) is 17.3. The zero-order chi connectivity index (χ0) is 14.5. The van der Waals surface area contributed by atoms with Gasteiger partial charge in [-0.15, -0.1) is 23.2 Å². The number of rotatable bonds is 6. The number of alkyl halides is 5. The number of halogens is 6. The smallest absolute Gasteiger partial charge is 0.160 e. The van der Waals surface area contributed by atoms with E-state index in [0.29, 0.717) is 10.6 Å². The molecule has 19 heavy (non-hydrogen) atoms. The summed E-state index contributed by atoms with van der Waals surface area (Å²) in [4.78, 5) is 0. The Kier molecular flexibility index (Phi) is 6.64. The van der Waals surface area contributed by atoms with Crippen molar-refractivity contribution in [1.29, 1.82) is 0 Å². The minimum Gasteiger partial charge on any atom is -0.160 e. The molecule has 0 saturated heterocycles. The van der Waals surface area contributed by atoms with Gasteiger partial charge in [0, 0.05) is 28.0 Å². The lowest BCUT2D eigenvalue weighted by atomic mass is 9.81. The van der Waals surface area contributed by atoms with Gasteiger partial charge < -0.3 is 0 Å². The normalized spacial score (nSPS) is 12.7. The third-order valence-corrected chi connectivity index (χ3v) is 4.89. The van der Waals surface area contributed by atoms with Crippen molar-refractivity contribution in [3.8, 4) is 0 Å². The van der Waals surface area contributed by atoms with Crippen molar-refractivity contribution in [2.75, 3.05) is 17.5 Å². The van der Waals surface area contributed by atoms with Gasteiger partial charge in [-0.05, 0) is 18.1 Å². The Morgan fingerprint density at radius 1 is 1.05 bits per heavy atom. The molecule has 0 unspecified atom stereocenters. The average molecular weight is 352 g/mol. The average Bonchev–Trinajstić information content (AvgIpc) is 2.35. The van der Waals surface area contributed by atoms with Crippen molar-refractivity contribution in [2.45, 2.75) is 17.3 Å². The molecule has 0 bridgehead atoms. The molecule has 1 aromatic rings. The van der Waals surface area contributed by atoms with Gasteiger partial charge >= 0.3 is 5.51 Å². The number of hydrogen-bond acceptors (Lipinski definition) is 1. The summed E-state index contributed by atoms with van der Waals surface area (Å²) in [7, 11) is 0. The second kappa shape index (κ2) is 7.30. The third kappa shape index (κ3) is 4.92. The SMILES string of the molecule is FC(F)(F)SCCC(CCl)(CCl)c1ccccc1Cl. The Hall–Kier alpha value is 0.230. The van der Waals surface area contributed by atoms with Crippen LogP contribution in [0.15, 0.2) is 24.3 Å². The molecule has 0 amide bonds. The van der Waals surface area contributed by atoms with E-state index < -0.39 is 10.9 Å². The van der Waals surface area contributed by atoms with E-state index in [0.717, 1.165) is 0 Å². The quantitative estimate of drug-likeness (QED) is 0.593. The first-order chi connectivity index (χ1) is 8.84. The lowest BCUT2D eigenvalue weighted by molar-refractivity contribution is -0.0328. The second-order valence-electron chi connectivity index (χ2n) is 4.07. The molecule has 0 aromatic heterocycles. The Balaban J connectivity index is 2.89. The number of thioether (sulfide) groups is 1. The molecule has 1 rings (SSSR count). The molecule has 0 aliphatic rings. The highest BCUT2D eigenvalue weighted by atomic mass is 35.5. The van der Waals surface area contributed by atoms with Crippen LogP contribution < -0.4 is 0 Å². The maximum Gasteiger partial charge on any atom is 0.441 e. The van der Waals surface area contributed by atoms with Crippen molar-refractivity contribution >= 4 is 46.6 Å². The first-order valence-corrected chi connectivity index (χ1v) is 7.85. The summed E-state index contributed by atoms with van der Waals surface area (Å²) in [6, 6.07) is 6.96. The zero-order valence-corrected chi connectivity index (χ0v) is 12.9.